The Hall–Kier alpha value is -1.16. The Morgan fingerprint density at radius 3 is 2.71 bits per heavy atom. The van der Waals surface area contributed by atoms with Gasteiger partial charge in [-0.1, -0.05) is 34.8 Å². The highest BCUT2D eigenvalue weighted by atomic mass is 35.5. The number of nitrogens with one attached hydrogen (secondary N) is 1. The van der Waals surface area contributed by atoms with Gasteiger partial charge in [0.05, 0.1) is 28.4 Å². The monoisotopic (exact) mass is 345 g/mol. The van der Waals surface area contributed by atoms with Gasteiger partial charge >= 0.3 is 0 Å². The SMILES string of the molecule is Fc1ccc(Cl)c(NC2CCOc3c(Cl)cc(Cl)cc32)c1. The Labute approximate surface area is 136 Å². The van der Waals surface area contributed by atoms with Gasteiger partial charge in [-0.25, -0.2) is 4.39 Å². The Kier molecular flexibility index (Phi) is 4.16. The van der Waals surface area contributed by atoms with Crippen molar-refractivity contribution in [3.63, 3.8) is 0 Å². The van der Waals surface area contributed by atoms with E-state index in [2.05, 4.69) is 5.32 Å². The second-order valence-corrected chi connectivity index (χ2v) is 6.02. The first-order valence-corrected chi connectivity index (χ1v) is 7.51. The van der Waals surface area contributed by atoms with Gasteiger partial charge < -0.3 is 10.1 Å². The topological polar surface area (TPSA) is 21.3 Å². The van der Waals surface area contributed by atoms with E-state index in [4.69, 9.17) is 39.5 Å². The van der Waals surface area contributed by atoms with Gasteiger partial charge in [0.2, 0.25) is 0 Å². The first-order valence-electron chi connectivity index (χ1n) is 6.38. The summed E-state index contributed by atoms with van der Waals surface area (Å²) in [5, 5.41) is 4.68. The fraction of sp³-hybridized carbons (Fsp3) is 0.200. The standard InChI is InChI=1S/C15H11Cl3FNO/c16-8-5-10-13(3-4-21-15(10)12(18)6-8)20-14-7-9(19)1-2-11(14)17/h1-2,5-7,13,20H,3-4H2. The number of hydrogen-bond donors (Lipinski definition) is 1. The maximum Gasteiger partial charge on any atom is 0.143 e. The van der Waals surface area contributed by atoms with Crippen LogP contribution in [-0.2, 0) is 0 Å². The van der Waals surface area contributed by atoms with Gasteiger partial charge in [0.25, 0.3) is 0 Å². The third kappa shape index (κ3) is 3.05. The van der Waals surface area contributed by atoms with E-state index in [0.717, 1.165) is 5.56 Å². The molecule has 1 N–H and O–H groups in total. The Morgan fingerprint density at radius 2 is 1.90 bits per heavy atom. The minimum atomic E-state index is -0.349. The highest BCUT2D eigenvalue weighted by Gasteiger charge is 2.24. The number of hydrogen-bond acceptors (Lipinski definition) is 2. The summed E-state index contributed by atoms with van der Waals surface area (Å²) in [6, 6.07) is 7.55. The summed E-state index contributed by atoms with van der Waals surface area (Å²) < 4.78 is 19.0. The lowest BCUT2D eigenvalue weighted by Crippen LogP contribution is -2.21. The first-order chi connectivity index (χ1) is 10.0. The Morgan fingerprint density at radius 1 is 1.10 bits per heavy atom. The van der Waals surface area contributed by atoms with Gasteiger partial charge in [0, 0.05) is 17.0 Å². The molecule has 21 heavy (non-hydrogen) atoms. The maximum atomic E-state index is 13.4. The van der Waals surface area contributed by atoms with Gasteiger partial charge in [0.15, 0.2) is 0 Å². The molecule has 1 aliphatic heterocycles. The highest BCUT2D eigenvalue weighted by Crippen LogP contribution is 2.41. The predicted octanol–water partition coefficient (Wildman–Crippen LogP) is 5.72. The second kappa shape index (κ2) is 5.91. The molecule has 0 amide bonds. The summed E-state index contributed by atoms with van der Waals surface area (Å²) in [5.41, 5.74) is 1.38. The van der Waals surface area contributed by atoms with Gasteiger partial charge in [-0.15, -0.1) is 0 Å². The molecule has 0 aliphatic carbocycles. The third-order valence-corrected chi connectivity index (χ3v) is 4.15. The van der Waals surface area contributed by atoms with Crippen LogP contribution in [0.5, 0.6) is 5.75 Å². The van der Waals surface area contributed by atoms with Crippen LogP contribution in [0.1, 0.15) is 18.0 Å². The van der Waals surface area contributed by atoms with Gasteiger partial charge in [-0.2, -0.15) is 0 Å². The van der Waals surface area contributed by atoms with E-state index >= 15 is 0 Å². The molecule has 2 aromatic rings. The van der Waals surface area contributed by atoms with Crippen molar-refractivity contribution in [2.24, 2.45) is 0 Å². The molecule has 110 valence electrons. The van der Waals surface area contributed by atoms with E-state index in [1.165, 1.54) is 18.2 Å². The lowest BCUT2D eigenvalue weighted by molar-refractivity contribution is 0.274. The summed E-state index contributed by atoms with van der Waals surface area (Å²) in [6.45, 7) is 0.513. The van der Waals surface area contributed by atoms with Crippen molar-refractivity contribution < 1.29 is 9.13 Å². The van der Waals surface area contributed by atoms with Crippen molar-refractivity contribution in [2.75, 3.05) is 11.9 Å². The van der Waals surface area contributed by atoms with Gasteiger partial charge in [0.1, 0.15) is 11.6 Å². The number of ether oxygens (including phenoxy) is 1. The third-order valence-electron chi connectivity index (χ3n) is 3.32. The minimum absolute atomic E-state index is 0.0933. The van der Waals surface area contributed by atoms with Crippen molar-refractivity contribution in [1.29, 1.82) is 0 Å². The van der Waals surface area contributed by atoms with Crippen LogP contribution in [0.3, 0.4) is 0 Å². The molecule has 0 radical (unpaired) electrons. The smallest absolute Gasteiger partial charge is 0.143 e. The van der Waals surface area contributed by atoms with Crippen LogP contribution in [0, 0.1) is 5.82 Å². The molecular formula is C15H11Cl3FNO. The zero-order valence-electron chi connectivity index (χ0n) is 10.8. The Bertz CT molecular complexity index is 693. The molecule has 0 bridgehead atoms. The quantitative estimate of drug-likeness (QED) is 0.750. The summed E-state index contributed by atoms with van der Waals surface area (Å²) >= 11 is 18.3. The van der Waals surface area contributed by atoms with E-state index < -0.39 is 0 Å². The number of benzene rings is 2. The molecule has 1 heterocycles. The molecule has 0 spiro atoms. The summed E-state index contributed by atoms with van der Waals surface area (Å²) in [5.74, 6) is 0.260. The molecule has 0 saturated heterocycles. The maximum absolute atomic E-state index is 13.4. The van der Waals surface area contributed by atoms with Crippen molar-refractivity contribution in [1.82, 2.24) is 0 Å². The molecule has 0 saturated carbocycles. The fourth-order valence-electron chi connectivity index (χ4n) is 2.37. The van der Waals surface area contributed by atoms with Crippen molar-refractivity contribution in [3.05, 3.63) is 56.8 Å². The van der Waals surface area contributed by atoms with Crippen LogP contribution in [0.2, 0.25) is 15.1 Å². The van der Waals surface area contributed by atoms with Gasteiger partial charge in [-0.3, -0.25) is 0 Å². The van der Waals surface area contributed by atoms with Crippen LogP contribution in [0.4, 0.5) is 10.1 Å². The van der Waals surface area contributed by atoms with Crippen molar-refractivity contribution >= 4 is 40.5 Å². The van der Waals surface area contributed by atoms with E-state index in [1.54, 1.807) is 12.1 Å². The van der Waals surface area contributed by atoms with Crippen LogP contribution in [-0.4, -0.2) is 6.61 Å². The summed E-state index contributed by atoms with van der Waals surface area (Å²) in [7, 11) is 0. The summed E-state index contributed by atoms with van der Waals surface area (Å²) in [4.78, 5) is 0. The minimum Gasteiger partial charge on any atom is -0.492 e. The molecule has 2 nitrogen and oxygen atoms in total. The van der Waals surface area contributed by atoms with Crippen LogP contribution < -0.4 is 10.1 Å². The van der Waals surface area contributed by atoms with Crippen molar-refractivity contribution in [2.45, 2.75) is 12.5 Å². The summed E-state index contributed by atoms with van der Waals surface area (Å²) in [6.07, 6.45) is 0.705. The largest absolute Gasteiger partial charge is 0.492 e. The molecule has 6 heteroatoms. The van der Waals surface area contributed by atoms with Crippen LogP contribution in [0.15, 0.2) is 30.3 Å². The molecule has 1 unspecified atom stereocenters. The number of fused-ring (bicyclic) bond motifs is 1. The zero-order chi connectivity index (χ0) is 15.0. The second-order valence-electron chi connectivity index (χ2n) is 4.76. The molecule has 3 rings (SSSR count). The number of rotatable bonds is 2. The lowest BCUT2D eigenvalue weighted by Gasteiger charge is -2.28. The van der Waals surface area contributed by atoms with E-state index in [-0.39, 0.29) is 11.9 Å². The predicted molar refractivity (Wildman–Crippen MR) is 84.3 cm³/mol. The van der Waals surface area contributed by atoms with Gasteiger partial charge in [-0.05, 0) is 30.3 Å². The Balaban J connectivity index is 1.97. The zero-order valence-corrected chi connectivity index (χ0v) is 13.1. The fourth-order valence-corrected chi connectivity index (χ4v) is 3.11. The van der Waals surface area contributed by atoms with E-state index in [1.807, 2.05) is 0 Å². The first kappa shape index (κ1) is 14.8. The molecule has 2 aromatic carbocycles. The normalized spacial score (nSPS) is 17.0. The molecule has 1 atom stereocenters. The lowest BCUT2D eigenvalue weighted by atomic mass is 10.00. The van der Waals surface area contributed by atoms with Crippen LogP contribution in [0.25, 0.3) is 0 Å². The highest BCUT2D eigenvalue weighted by molar-refractivity contribution is 6.35. The average molecular weight is 347 g/mol. The average Bonchev–Trinajstić information content (AvgIpc) is 2.43. The van der Waals surface area contributed by atoms with Crippen molar-refractivity contribution in [3.8, 4) is 5.75 Å². The van der Waals surface area contributed by atoms with Crippen LogP contribution >= 0.6 is 34.8 Å². The molecular weight excluding hydrogens is 336 g/mol. The molecule has 1 aliphatic rings. The van der Waals surface area contributed by atoms with E-state index in [9.17, 15) is 4.39 Å². The number of halogens is 4. The van der Waals surface area contributed by atoms with E-state index in [0.29, 0.717) is 39.5 Å². The molecule has 0 aromatic heterocycles. The number of anilines is 1. The molecule has 0 fully saturated rings.